The third-order valence-corrected chi connectivity index (χ3v) is 4.28. The van der Waals surface area contributed by atoms with Crippen molar-refractivity contribution in [2.75, 3.05) is 7.04 Å². The molecular formula is C15H17BrN2O2. The van der Waals surface area contributed by atoms with E-state index in [0.29, 0.717) is 23.1 Å². The lowest BCUT2D eigenvalue weighted by atomic mass is 9.68. The maximum atomic E-state index is 7.61. The molecule has 3 rings (SSSR count). The Labute approximate surface area is 130 Å². The van der Waals surface area contributed by atoms with Crippen molar-refractivity contribution in [3.63, 3.8) is 0 Å². The van der Waals surface area contributed by atoms with Crippen molar-refractivity contribution >= 4 is 15.9 Å². The van der Waals surface area contributed by atoms with Crippen LogP contribution in [0.1, 0.15) is 41.4 Å². The van der Waals surface area contributed by atoms with Crippen molar-refractivity contribution in [1.82, 2.24) is 10.1 Å². The summed E-state index contributed by atoms with van der Waals surface area (Å²) in [6.07, 6.45) is 2.42. The molecule has 0 bridgehead atoms. The van der Waals surface area contributed by atoms with Gasteiger partial charge in [0.2, 0.25) is 0 Å². The largest absolute Gasteiger partial charge is 0.372 e. The molecule has 106 valence electrons. The third kappa shape index (κ3) is 2.09. The van der Waals surface area contributed by atoms with Crippen molar-refractivity contribution in [1.29, 1.82) is 0 Å². The lowest BCUT2D eigenvalue weighted by molar-refractivity contribution is -0.0508. The summed E-state index contributed by atoms with van der Waals surface area (Å²) < 4.78 is 34.4. The van der Waals surface area contributed by atoms with E-state index >= 15 is 0 Å². The monoisotopic (exact) mass is 339 g/mol. The van der Waals surface area contributed by atoms with E-state index in [4.69, 9.17) is 13.4 Å². The minimum Gasteiger partial charge on any atom is -0.372 e. The van der Waals surface area contributed by atoms with Crippen LogP contribution in [0.25, 0.3) is 0 Å². The van der Waals surface area contributed by atoms with E-state index in [0.717, 1.165) is 11.3 Å². The molecule has 1 aliphatic rings. The van der Waals surface area contributed by atoms with Crippen LogP contribution in [-0.2, 0) is 22.2 Å². The van der Waals surface area contributed by atoms with Crippen molar-refractivity contribution < 1.29 is 13.4 Å². The van der Waals surface area contributed by atoms with Gasteiger partial charge in [0, 0.05) is 24.4 Å². The molecule has 0 saturated carbocycles. The van der Waals surface area contributed by atoms with Crippen LogP contribution in [0.5, 0.6) is 0 Å². The predicted molar refractivity (Wildman–Crippen MR) is 78.5 cm³/mol. The molecule has 1 unspecified atom stereocenters. The molecule has 0 aromatic carbocycles. The number of halogens is 1. The molecule has 2 heterocycles. The Morgan fingerprint density at radius 1 is 1.45 bits per heavy atom. The van der Waals surface area contributed by atoms with Gasteiger partial charge < -0.3 is 9.26 Å². The normalized spacial score (nSPS) is 27.2. The van der Waals surface area contributed by atoms with E-state index < -0.39 is 18.1 Å². The van der Waals surface area contributed by atoms with Gasteiger partial charge in [0.05, 0.1) is 16.0 Å². The van der Waals surface area contributed by atoms with Gasteiger partial charge in [-0.25, -0.2) is 4.98 Å². The molecular weight excluding hydrogens is 320 g/mol. The average Bonchev–Trinajstić information content (AvgIpc) is 2.85. The highest BCUT2D eigenvalue weighted by atomic mass is 79.9. The minimum absolute atomic E-state index is 0.358. The van der Waals surface area contributed by atoms with E-state index in [1.807, 2.05) is 19.9 Å². The van der Waals surface area contributed by atoms with Crippen molar-refractivity contribution in [2.24, 2.45) is 0 Å². The fraction of sp³-hybridized carbons (Fsp3) is 0.467. The Bertz CT molecular complexity index is 730. The third-order valence-electron chi connectivity index (χ3n) is 3.84. The summed E-state index contributed by atoms with van der Waals surface area (Å²) in [6, 6.07) is 5.42. The van der Waals surface area contributed by atoms with Gasteiger partial charge in [-0.3, -0.25) is 0 Å². The number of fused-ring (bicyclic) bond motifs is 1. The van der Waals surface area contributed by atoms with E-state index in [9.17, 15) is 0 Å². The van der Waals surface area contributed by atoms with E-state index in [1.165, 1.54) is 0 Å². The zero-order valence-electron chi connectivity index (χ0n) is 14.3. The molecule has 5 heteroatoms. The first kappa shape index (κ1) is 10.5. The molecule has 0 saturated heterocycles. The lowest BCUT2D eigenvalue weighted by Gasteiger charge is -2.42. The van der Waals surface area contributed by atoms with Crippen molar-refractivity contribution in [3.05, 3.63) is 46.0 Å². The summed E-state index contributed by atoms with van der Waals surface area (Å²) in [5.74, 6) is 0.775. The zero-order chi connectivity index (χ0) is 16.9. The number of methoxy groups -OCH3 is 1. The molecule has 2 aromatic heterocycles. The van der Waals surface area contributed by atoms with Crippen LogP contribution >= 0.6 is 15.9 Å². The molecule has 0 fully saturated rings. The molecule has 0 spiro atoms. The highest BCUT2D eigenvalue weighted by molar-refractivity contribution is 9.10. The van der Waals surface area contributed by atoms with Crippen LogP contribution in [0, 0.1) is 0 Å². The summed E-state index contributed by atoms with van der Waals surface area (Å²) >= 11 is 3.35. The Balaban J connectivity index is 2.15. The van der Waals surface area contributed by atoms with Crippen LogP contribution < -0.4 is 0 Å². The highest BCUT2D eigenvalue weighted by Crippen LogP contribution is 2.47. The van der Waals surface area contributed by atoms with Gasteiger partial charge in [0.25, 0.3) is 0 Å². The van der Waals surface area contributed by atoms with Crippen LogP contribution in [0.4, 0.5) is 0 Å². The first-order chi connectivity index (χ1) is 10.6. The van der Waals surface area contributed by atoms with Gasteiger partial charge in [-0.2, -0.15) is 0 Å². The van der Waals surface area contributed by atoms with Gasteiger partial charge >= 0.3 is 0 Å². The molecule has 0 aliphatic heterocycles. The molecule has 1 atom stereocenters. The number of pyridine rings is 1. The first-order valence-electron chi connectivity index (χ1n) is 7.89. The van der Waals surface area contributed by atoms with Gasteiger partial charge in [0.1, 0.15) is 16.0 Å². The molecule has 4 nitrogen and oxygen atoms in total. The molecule has 20 heavy (non-hydrogen) atoms. The van der Waals surface area contributed by atoms with E-state index in [1.54, 1.807) is 18.3 Å². The van der Waals surface area contributed by atoms with Gasteiger partial charge in [-0.05, 0) is 34.5 Å². The SMILES string of the molecule is [2H]C([2H])([2H])OC1(c2cccc(Br)n2)Cc2cnoc2C(C)(C)C1. The summed E-state index contributed by atoms with van der Waals surface area (Å²) in [5.41, 5.74) is -0.0358. The summed E-state index contributed by atoms with van der Waals surface area (Å²) in [5, 5.41) is 3.87. The van der Waals surface area contributed by atoms with Crippen LogP contribution in [0.3, 0.4) is 0 Å². The van der Waals surface area contributed by atoms with Crippen LogP contribution in [0.15, 0.2) is 33.5 Å². The second kappa shape index (κ2) is 4.67. The molecule has 0 radical (unpaired) electrons. The first-order valence-corrected chi connectivity index (χ1v) is 7.18. The Hall–Kier alpha value is -1.20. The smallest absolute Gasteiger partial charge is 0.145 e. The standard InChI is InChI=1S/C15H17BrN2O2/c1-14(2)9-15(19-3,7-10-8-17-20-13(10)14)11-5-4-6-12(16)18-11/h4-6,8H,7,9H2,1-3H3/i3D3. The number of aromatic nitrogens is 2. The number of ether oxygens (including phenoxy) is 1. The fourth-order valence-electron chi connectivity index (χ4n) is 3.08. The van der Waals surface area contributed by atoms with Crippen LogP contribution in [0.2, 0.25) is 0 Å². The summed E-state index contributed by atoms with van der Waals surface area (Å²) in [7, 11) is -2.53. The molecule has 1 aliphatic carbocycles. The van der Waals surface area contributed by atoms with E-state index in [-0.39, 0.29) is 0 Å². The second-order valence-electron chi connectivity index (χ2n) is 5.86. The fourth-order valence-corrected chi connectivity index (χ4v) is 3.42. The molecule has 0 N–H and O–H groups in total. The zero-order valence-corrected chi connectivity index (χ0v) is 12.9. The number of hydrogen-bond acceptors (Lipinski definition) is 4. The number of rotatable bonds is 2. The second-order valence-corrected chi connectivity index (χ2v) is 6.67. The van der Waals surface area contributed by atoms with Crippen LogP contribution in [-0.4, -0.2) is 17.2 Å². The summed E-state index contributed by atoms with van der Waals surface area (Å²) in [4.78, 5) is 4.47. The number of hydrogen-bond donors (Lipinski definition) is 0. The Morgan fingerprint density at radius 2 is 2.30 bits per heavy atom. The maximum absolute atomic E-state index is 7.61. The highest BCUT2D eigenvalue weighted by Gasteiger charge is 2.47. The number of nitrogens with zero attached hydrogens (tertiary/aromatic N) is 2. The Kier molecular flexibility index (Phi) is 2.46. The lowest BCUT2D eigenvalue weighted by Crippen LogP contribution is -2.43. The van der Waals surface area contributed by atoms with Gasteiger partial charge in [-0.15, -0.1) is 0 Å². The quantitative estimate of drug-likeness (QED) is 0.784. The van der Waals surface area contributed by atoms with Gasteiger partial charge in [0.15, 0.2) is 0 Å². The molecule has 0 amide bonds. The van der Waals surface area contributed by atoms with Gasteiger partial charge in [-0.1, -0.05) is 25.1 Å². The van der Waals surface area contributed by atoms with Crippen molar-refractivity contribution in [2.45, 2.75) is 37.7 Å². The van der Waals surface area contributed by atoms with Crippen molar-refractivity contribution in [3.8, 4) is 0 Å². The average molecular weight is 340 g/mol. The molecule has 2 aromatic rings. The van der Waals surface area contributed by atoms with E-state index in [2.05, 4.69) is 26.1 Å². The maximum Gasteiger partial charge on any atom is 0.145 e. The minimum atomic E-state index is -2.53. The predicted octanol–water partition coefficient (Wildman–Crippen LogP) is 3.60. The summed E-state index contributed by atoms with van der Waals surface area (Å²) in [6.45, 7) is 3.98. The topological polar surface area (TPSA) is 48.2 Å². The Morgan fingerprint density at radius 3 is 3.05 bits per heavy atom.